The lowest BCUT2D eigenvalue weighted by atomic mass is 10.2. The maximum absolute atomic E-state index is 13.8. The Morgan fingerprint density at radius 2 is 1.75 bits per heavy atom. The predicted octanol–water partition coefficient (Wildman–Crippen LogP) is 6.43. The van der Waals surface area contributed by atoms with Gasteiger partial charge in [-0.05, 0) is 60.7 Å². The Bertz CT molecular complexity index is 2280. The van der Waals surface area contributed by atoms with Gasteiger partial charge in [-0.25, -0.2) is 9.37 Å². The van der Waals surface area contributed by atoms with Crippen LogP contribution < -0.4 is 15.6 Å². The summed E-state index contributed by atoms with van der Waals surface area (Å²) < 4.78 is 27.9. The molecule has 44 heavy (non-hydrogen) atoms. The molecule has 0 bridgehead atoms. The van der Waals surface area contributed by atoms with E-state index in [0.29, 0.717) is 39.2 Å². The fraction of sp³-hybridized carbons (Fsp3) is 0.0588. The standard InChI is InChI=1S/C34H24FN5O4/c1-43-29-11-6-12-30-26(29)17-31(44-30)33-38-27-9-4-2-8-25(27)34(42)40(33)36-18-21-19-39(28-10-5-3-7-24(21)28)20-32(41)37-23-15-13-22(35)14-16-23/h2-19H,20H2,1H3,(H,37,41). The maximum Gasteiger partial charge on any atom is 0.282 e. The molecule has 7 rings (SSSR count). The first-order valence-corrected chi connectivity index (χ1v) is 13.7. The summed E-state index contributed by atoms with van der Waals surface area (Å²) in [4.78, 5) is 31.4. The molecule has 1 N–H and O–H groups in total. The molecule has 0 radical (unpaired) electrons. The topological polar surface area (TPSA) is 104 Å². The Hall–Kier alpha value is -6.03. The zero-order valence-electron chi connectivity index (χ0n) is 23.4. The molecule has 9 nitrogen and oxygen atoms in total. The third-order valence-corrected chi connectivity index (χ3v) is 7.29. The molecule has 0 aliphatic heterocycles. The quantitative estimate of drug-likeness (QED) is 0.217. The van der Waals surface area contributed by atoms with Crippen LogP contribution in [-0.2, 0) is 11.3 Å². The number of furan rings is 1. The highest BCUT2D eigenvalue weighted by Crippen LogP contribution is 2.33. The second kappa shape index (κ2) is 11.0. The van der Waals surface area contributed by atoms with E-state index in [-0.39, 0.29) is 29.7 Å². The van der Waals surface area contributed by atoms with Crippen LogP contribution in [-0.4, -0.2) is 33.5 Å². The third-order valence-electron chi connectivity index (χ3n) is 7.29. The fourth-order valence-electron chi connectivity index (χ4n) is 5.23. The van der Waals surface area contributed by atoms with Crippen LogP contribution in [0.2, 0.25) is 0 Å². The average molecular weight is 586 g/mol. The molecule has 1 amide bonds. The number of amides is 1. The van der Waals surface area contributed by atoms with E-state index in [1.807, 2.05) is 48.5 Å². The van der Waals surface area contributed by atoms with Crippen molar-refractivity contribution in [1.82, 2.24) is 14.2 Å². The number of nitrogens with zero attached hydrogens (tertiary/aromatic N) is 4. The molecule has 0 spiro atoms. The van der Waals surface area contributed by atoms with Gasteiger partial charge < -0.3 is 19.0 Å². The lowest BCUT2D eigenvalue weighted by molar-refractivity contribution is -0.116. The molecule has 0 fully saturated rings. The lowest BCUT2D eigenvalue weighted by Gasteiger charge is -2.07. The van der Waals surface area contributed by atoms with E-state index in [1.165, 1.54) is 28.9 Å². The number of aromatic nitrogens is 3. The SMILES string of the molecule is COc1cccc2oc(-c3nc4ccccc4c(=O)n3N=Cc3cn(CC(=O)Nc4ccc(F)cc4)c4ccccc34)cc12. The van der Waals surface area contributed by atoms with Crippen molar-refractivity contribution in [1.29, 1.82) is 0 Å². The highest BCUT2D eigenvalue weighted by molar-refractivity contribution is 6.00. The Balaban J connectivity index is 1.30. The molecule has 0 aliphatic carbocycles. The molecule has 0 aliphatic rings. The normalized spacial score (nSPS) is 11.6. The number of methoxy groups -OCH3 is 1. The minimum absolute atomic E-state index is 0.00920. The summed E-state index contributed by atoms with van der Waals surface area (Å²) in [5.74, 6) is 0.549. The van der Waals surface area contributed by atoms with Gasteiger partial charge in [0.05, 0.1) is 29.6 Å². The number of hydrogen-bond acceptors (Lipinski definition) is 6. The molecule has 216 valence electrons. The number of ether oxygens (including phenoxy) is 1. The molecule has 3 heterocycles. The minimum Gasteiger partial charge on any atom is -0.496 e. The zero-order valence-corrected chi connectivity index (χ0v) is 23.4. The van der Waals surface area contributed by atoms with Gasteiger partial charge in [0.2, 0.25) is 11.7 Å². The van der Waals surface area contributed by atoms with Gasteiger partial charge in [0.1, 0.15) is 23.7 Å². The monoisotopic (exact) mass is 585 g/mol. The number of carbonyl (C=O) groups excluding carboxylic acids is 1. The molecule has 0 unspecified atom stereocenters. The Morgan fingerprint density at radius 1 is 0.977 bits per heavy atom. The highest BCUT2D eigenvalue weighted by atomic mass is 19.1. The van der Waals surface area contributed by atoms with Crippen LogP contribution in [0.3, 0.4) is 0 Å². The Labute approximate surface area is 249 Å². The summed E-state index contributed by atoms with van der Waals surface area (Å²) in [5, 5.41) is 9.38. The van der Waals surface area contributed by atoms with E-state index in [2.05, 4.69) is 10.4 Å². The van der Waals surface area contributed by atoms with Gasteiger partial charge >= 0.3 is 0 Å². The van der Waals surface area contributed by atoms with Gasteiger partial charge in [-0.15, -0.1) is 0 Å². The number of halogens is 1. The Morgan fingerprint density at radius 3 is 2.57 bits per heavy atom. The van der Waals surface area contributed by atoms with Crippen LogP contribution >= 0.6 is 0 Å². The number of rotatable bonds is 7. The van der Waals surface area contributed by atoms with Gasteiger partial charge in [-0.1, -0.05) is 36.4 Å². The number of fused-ring (bicyclic) bond motifs is 3. The van der Waals surface area contributed by atoms with Crippen molar-refractivity contribution >= 4 is 50.6 Å². The van der Waals surface area contributed by atoms with E-state index in [9.17, 15) is 14.0 Å². The van der Waals surface area contributed by atoms with E-state index in [4.69, 9.17) is 14.1 Å². The molecule has 10 heteroatoms. The van der Waals surface area contributed by atoms with Crippen molar-refractivity contribution in [3.05, 3.63) is 125 Å². The van der Waals surface area contributed by atoms with Gasteiger partial charge in [-0.2, -0.15) is 9.78 Å². The highest BCUT2D eigenvalue weighted by Gasteiger charge is 2.18. The summed E-state index contributed by atoms with van der Waals surface area (Å²) in [7, 11) is 1.58. The van der Waals surface area contributed by atoms with Crippen molar-refractivity contribution in [2.24, 2.45) is 5.10 Å². The van der Waals surface area contributed by atoms with Crippen molar-refractivity contribution < 1.29 is 18.3 Å². The molecule has 0 saturated carbocycles. The van der Waals surface area contributed by atoms with Crippen LogP contribution in [0.5, 0.6) is 5.75 Å². The van der Waals surface area contributed by atoms with E-state index in [1.54, 1.807) is 48.4 Å². The van der Waals surface area contributed by atoms with Crippen LogP contribution in [0.15, 0.2) is 118 Å². The molecular weight excluding hydrogens is 561 g/mol. The number of carbonyl (C=O) groups is 1. The summed E-state index contributed by atoms with van der Waals surface area (Å²) in [6, 6.07) is 27.5. The number of anilines is 1. The molecule has 7 aromatic rings. The number of benzene rings is 4. The van der Waals surface area contributed by atoms with Gasteiger partial charge in [0.15, 0.2) is 5.76 Å². The third kappa shape index (κ3) is 4.88. The first-order chi connectivity index (χ1) is 21.5. The first-order valence-electron chi connectivity index (χ1n) is 13.7. The fourth-order valence-corrected chi connectivity index (χ4v) is 5.23. The second-order valence-electron chi connectivity index (χ2n) is 10.1. The maximum atomic E-state index is 13.8. The average Bonchev–Trinajstić information content (AvgIpc) is 3.63. The second-order valence-corrected chi connectivity index (χ2v) is 10.1. The molecular formula is C34H24FN5O4. The molecule has 3 aromatic heterocycles. The van der Waals surface area contributed by atoms with Crippen LogP contribution in [0.1, 0.15) is 5.56 Å². The van der Waals surface area contributed by atoms with Gasteiger partial charge in [-0.3, -0.25) is 9.59 Å². The van der Waals surface area contributed by atoms with Crippen LogP contribution in [0, 0.1) is 5.82 Å². The number of para-hydroxylation sites is 2. The van der Waals surface area contributed by atoms with Crippen LogP contribution in [0.4, 0.5) is 10.1 Å². The van der Waals surface area contributed by atoms with Gasteiger partial charge in [0.25, 0.3) is 5.56 Å². The number of hydrogen-bond donors (Lipinski definition) is 1. The van der Waals surface area contributed by atoms with Gasteiger partial charge in [0, 0.05) is 28.4 Å². The van der Waals surface area contributed by atoms with Crippen molar-refractivity contribution in [2.45, 2.75) is 6.54 Å². The summed E-state index contributed by atoms with van der Waals surface area (Å²) in [6.07, 6.45) is 3.37. The smallest absolute Gasteiger partial charge is 0.282 e. The first kappa shape index (κ1) is 26.8. The van der Waals surface area contributed by atoms with Crippen molar-refractivity contribution in [2.75, 3.05) is 12.4 Å². The molecule has 0 atom stereocenters. The summed E-state index contributed by atoms with van der Waals surface area (Å²) in [6.45, 7) is 0.00920. The van der Waals surface area contributed by atoms with E-state index < -0.39 is 0 Å². The molecule has 0 saturated heterocycles. The molecule has 4 aromatic carbocycles. The van der Waals surface area contributed by atoms with Crippen LogP contribution in [0.25, 0.3) is 44.4 Å². The van der Waals surface area contributed by atoms with Crippen molar-refractivity contribution in [3.8, 4) is 17.3 Å². The minimum atomic E-state index is -0.382. The Kier molecular flexibility index (Phi) is 6.71. The summed E-state index contributed by atoms with van der Waals surface area (Å²) >= 11 is 0. The summed E-state index contributed by atoms with van der Waals surface area (Å²) in [5.41, 5.74) is 2.71. The van der Waals surface area contributed by atoms with E-state index in [0.717, 1.165) is 16.3 Å². The number of nitrogens with one attached hydrogen (secondary N) is 1. The predicted molar refractivity (Wildman–Crippen MR) is 168 cm³/mol. The van der Waals surface area contributed by atoms with Crippen molar-refractivity contribution in [3.63, 3.8) is 0 Å². The zero-order chi connectivity index (χ0) is 30.2. The largest absolute Gasteiger partial charge is 0.496 e. The van der Waals surface area contributed by atoms with E-state index >= 15 is 0 Å². The lowest BCUT2D eigenvalue weighted by Crippen LogP contribution is -2.20.